The number of amides is 1. The van der Waals surface area contributed by atoms with E-state index in [1.54, 1.807) is 12.1 Å². The van der Waals surface area contributed by atoms with E-state index in [1.165, 1.54) is 38.4 Å². The summed E-state index contributed by atoms with van der Waals surface area (Å²) in [5.41, 5.74) is 1.40. The summed E-state index contributed by atoms with van der Waals surface area (Å²) in [7, 11) is -3.04. The fourth-order valence-corrected chi connectivity index (χ4v) is 4.72. The lowest BCUT2D eigenvalue weighted by atomic mass is 10.0. The molecule has 34 heavy (non-hydrogen) atoms. The summed E-state index contributed by atoms with van der Waals surface area (Å²) >= 11 is 0. The lowest BCUT2D eigenvalue weighted by molar-refractivity contribution is 0.0964. The average molecular weight is 507 g/mol. The summed E-state index contributed by atoms with van der Waals surface area (Å²) in [5, 5.41) is 2.94. The molecule has 0 radical (unpaired) electrons. The van der Waals surface area contributed by atoms with E-state index in [4.69, 9.17) is 8.84 Å². The highest BCUT2D eigenvalue weighted by atomic mass is 32.2. The van der Waals surface area contributed by atoms with Crippen LogP contribution in [0.1, 0.15) is 31.1 Å². The van der Waals surface area contributed by atoms with Crippen molar-refractivity contribution in [2.24, 2.45) is 0 Å². The maximum atomic E-state index is 13.5. The van der Waals surface area contributed by atoms with Gasteiger partial charge < -0.3 is 14.2 Å². The molecule has 1 N–H and O–H groups in total. The summed E-state index contributed by atoms with van der Waals surface area (Å²) < 4.78 is 52.1. The Kier molecular flexibility index (Phi) is 6.62. The molecule has 1 heterocycles. The van der Waals surface area contributed by atoms with E-state index in [9.17, 15) is 17.6 Å². The number of rotatable bonds is 6. The molecule has 0 spiro atoms. The topological polar surface area (TPSA) is 88.9 Å². The lowest BCUT2D eigenvalue weighted by Crippen LogP contribution is -2.44. The minimum Gasteiger partial charge on any atom is -0.542 e. The number of nitrogens with one attached hydrogen (secondary N) is 1. The Labute approximate surface area is 201 Å². The maximum Gasteiger partial charge on any atom is 0.255 e. The van der Waals surface area contributed by atoms with Crippen LogP contribution < -0.4 is 14.0 Å². The van der Waals surface area contributed by atoms with Crippen molar-refractivity contribution in [3.63, 3.8) is 0 Å². The molecule has 0 atom stereocenters. The molecular weight excluding hydrogens is 475 g/mol. The first-order valence-electron chi connectivity index (χ1n) is 10.8. The van der Waals surface area contributed by atoms with E-state index in [2.05, 4.69) is 39.2 Å². The average Bonchev–Trinajstić information content (AvgIpc) is 3.09. The quantitative estimate of drug-likeness (QED) is 0.454. The number of halogens is 1. The van der Waals surface area contributed by atoms with Gasteiger partial charge in [0.05, 0.1) is 17.5 Å². The zero-order valence-corrected chi connectivity index (χ0v) is 22.6. The molecular formula is C24H31FN2O5SSi. The standard InChI is InChI=1S/C24H31FN2O5SSi/c1-24(2,3)34(7,8)32-20-13-17-19(14-18(20)27(5)33(6,29)30)31-22(21(17)23(28)26-4)15-9-11-16(25)12-10-15/h9-14H,1-8H3,(H,26,28). The zero-order chi connectivity index (χ0) is 25.6. The van der Waals surface area contributed by atoms with Crippen molar-refractivity contribution >= 4 is 40.9 Å². The number of hydrogen-bond donors (Lipinski definition) is 1. The molecule has 0 aliphatic carbocycles. The highest BCUT2D eigenvalue weighted by Gasteiger charge is 2.40. The Hall–Kier alpha value is -2.85. The van der Waals surface area contributed by atoms with Crippen LogP contribution in [0.15, 0.2) is 40.8 Å². The largest absolute Gasteiger partial charge is 0.542 e. The third kappa shape index (κ3) is 4.83. The minimum absolute atomic E-state index is 0.151. The van der Waals surface area contributed by atoms with Gasteiger partial charge in [-0.3, -0.25) is 9.10 Å². The lowest BCUT2D eigenvalue weighted by Gasteiger charge is -2.37. The highest BCUT2D eigenvalue weighted by molar-refractivity contribution is 7.92. The van der Waals surface area contributed by atoms with Crippen LogP contribution in [0, 0.1) is 5.82 Å². The Morgan fingerprint density at radius 1 is 1.15 bits per heavy atom. The van der Waals surface area contributed by atoms with E-state index in [0.29, 0.717) is 28.0 Å². The molecule has 0 bridgehead atoms. The molecule has 0 aliphatic heterocycles. The molecule has 2 aromatic carbocycles. The summed E-state index contributed by atoms with van der Waals surface area (Å²) in [5.74, 6) is -0.195. The van der Waals surface area contributed by atoms with Gasteiger partial charge in [-0.1, -0.05) is 20.8 Å². The number of furan rings is 1. The van der Waals surface area contributed by atoms with Gasteiger partial charge in [0, 0.05) is 31.1 Å². The van der Waals surface area contributed by atoms with Gasteiger partial charge in [-0.25, -0.2) is 12.8 Å². The van der Waals surface area contributed by atoms with E-state index in [1.807, 2.05) is 0 Å². The van der Waals surface area contributed by atoms with E-state index < -0.39 is 24.2 Å². The SMILES string of the molecule is CNC(=O)c1c(-c2ccc(F)cc2)oc2cc(N(C)S(C)(=O)=O)c(O[Si](C)(C)C(C)(C)C)cc12. The number of anilines is 1. The third-order valence-electron chi connectivity index (χ3n) is 6.34. The van der Waals surface area contributed by atoms with E-state index in [-0.39, 0.29) is 22.3 Å². The number of benzene rings is 2. The van der Waals surface area contributed by atoms with E-state index in [0.717, 1.165) is 10.6 Å². The summed E-state index contributed by atoms with van der Waals surface area (Å²) in [6, 6.07) is 8.84. The van der Waals surface area contributed by atoms with Crippen molar-refractivity contribution in [3.8, 4) is 17.1 Å². The molecule has 1 aromatic heterocycles. The predicted octanol–water partition coefficient (Wildman–Crippen LogP) is 5.38. The predicted molar refractivity (Wildman–Crippen MR) is 136 cm³/mol. The van der Waals surface area contributed by atoms with Crippen LogP contribution in [-0.2, 0) is 10.0 Å². The van der Waals surface area contributed by atoms with Gasteiger partial charge in [0.1, 0.15) is 22.9 Å². The summed E-state index contributed by atoms with van der Waals surface area (Å²) in [4.78, 5) is 12.9. The van der Waals surface area contributed by atoms with Crippen molar-refractivity contribution in [2.45, 2.75) is 38.9 Å². The van der Waals surface area contributed by atoms with Gasteiger partial charge in [0.25, 0.3) is 14.2 Å². The molecule has 184 valence electrons. The molecule has 0 unspecified atom stereocenters. The smallest absolute Gasteiger partial charge is 0.255 e. The first-order valence-corrected chi connectivity index (χ1v) is 15.5. The van der Waals surface area contributed by atoms with Crippen LogP contribution in [0.25, 0.3) is 22.3 Å². The Balaban J connectivity index is 2.37. The second-order valence-corrected chi connectivity index (χ2v) is 16.5. The van der Waals surface area contributed by atoms with Gasteiger partial charge in [-0.15, -0.1) is 0 Å². The number of nitrogens with zero attached hydrogens (tertiary/aromatic N) is 1. The molecule has 1 amide bonds. The van der Waals surface area contributed by atoms with Crippen LogP contribution in [0.5, 0.6) is 5.75 Å². The minimum atomic E-state index is -3.61. The van der Waals surface area contributed by atoms with Gasteiger partial charge in [-0.05, 0) is 48.5 Å². The normalized spacial score (nSPS) is 12.6. The Morgan fingerprint density at radius 3 is 2.24 bits per heavy atom. The molecule has 0 saturated carbocycles. The van der Waals surface area contributed by atoms with Gasteiger partial charge in [0.15, 0.2) is 0 Å². The summed E-state index contributed by atoms with van der Waals surface area (Å²) in [6.45, 7) is 10.4. The molecule has 3 aromatic rings. The van der Waals surface area contributed by atoms with Gasteiger partial charge in [0.2, 0.25) is 10.0 Å². The van der Waals surface area contributed by atoms with E-state index >= 15 is 0 Å². The van der Waals surface area contributed by atoms with Gasteiger partial charge >= 0.3 is 0 Å². The van der Waals surface area contributed by atoms with Crippen LogP contribution in [0.2, 0.25) is 18.1 Å². The Bertz CT molecular complexity index is 1340. The monoisotopic (exact) mass is 506 g/mol. The van der Waals surface area contributed by atoms with Crippen molar-refractivity contribution < 1.29 is 26.4 Å². The Morgan fingerprint density at radius 2 is 1.74 bits per heavy atom. The second kappa shape index (κ2) is 8.74. The first-order chi connectivity index (χ1) is 15.6. The molecule has 3 rings (SSSR count). The van der Waals surface area contributed by atoms with Crippen LogP contribution in [0.4, 0.5) is 10.1 Å². The van der Waals surface area contributed by atoms with Gasteiger partial charge in [-0.2, -0.15) is 0 Å². The molecule has 0 aliphatic rings. The number of hydrogen-bond acceptors (Lipinski definition) is 5. The fraction of sp³-hybridized carbons (Fsp3) is 0.375. The summed E-state index contributed by atoms with van der Waals surface area (Å²) in [6.07, 6.45) is 1.11. The third-order valence-corrected chi connectivity index (χ3v) is 11.9. The fourth-order valence-electron chi connectivity index (χ4n) is 3.20. The second-order valence-electron chi connectivity index (χ2n) is 9.80. The molecule has 0 fully saturated rings. The molecule has 0 saturated heterocycles. The van der Waals surface area contributed by atoms with Crippen molar-refractivity contribution in [2.75, 3.05) is 24.7 Å². The maximum absolute atomic E-state index is 13.5. The molecule has 10 heteroatoms. The van der Waals surface area contributed by atoms with Crippen molar-refractivity contribution in [1.82, 2.24) is 5.32 Å². The number of carbonyl (C=O) groups excluding carboxylic acids is 1. The van der Waals surface area contributed by atoms with Crippen LogP contribution >= 0.6 is 0 Å². The van der Waals surface area contributed by atoms with Crippen LogP contribution in [0.3, 0.4) is 0 Å². The molecule has 7 nitrogen and oxygen atoms in total. The van der Waals surface area contributed by atoms with Crippen molar-refractivity contribution in [3.05, 3.63) is 47.8 Å². The van der Waals surface area contributed by atoms with Crippen molar-refractivity contribution in [1.29, 1.82) is 0 Å². The first kappa shape index (κ1) is 25.8. The number of fused-ring (bicyclic) bond motifs is 1. The zero-order valence-electron chi connectivity index (χ0n) is 20.7. The number of carbonyl (C=O) groups is 1. The highest BCUT2D eigenvalue weighted by Crippen LogP contribution is 2.44. The number of sulfonamides is 1. The van der Waals surface area contributed by atoms with Crippen LogP contribution in [-0.4, -0.2) is 43.0 Å².